The van der Waals surface area contributed by atoms with Crippen molar-refractivity contribution in [3.8, 4) is 6.07 Å². The second kappa shape index (κ2) is 4.89. The van der Waals surface area contributed by atoms with E-state index in [0.717, 1.165) is 29.7 Å². The number of aryl methyl sites for hydroxylation is 1. The van der Waals surface area contributed by atoms with E-state index < -0.39 is 0 Å². The molecule has 1 aromatic carbocycles. The number of nitrogens with zero attached hydrogens (tertiary/aromatic N) is 3. The minimum atomic E-state index is 0.694. The number of nitriles is 1. The van der Waals surface area contributed by atoms with Gasteiger partial charge < -0.3 is 4.90 Å². The van der Waals surface area contributed by atoms with Gasteiger partial charge in [0.1, 0.15) is 6.07 Å². The molecular formula is C16H17N3. The summed E-state index contributed by atoms with van der Waals surface area (Å²) in [5.74, 6) is 0. The number of anilines is 1. The first-order chi connectivity index (χ1) is 9.29. The molecule has 0 bridgehead atoms. The number of piperidine rings is 1. The van der Waals surface area contributed by atoms with Gasteiger partial charge in [0.2, 0.25) is 0 Å². The Morgan fingerprint density at radius 1 is 1.21 bits per heavy atom. The minimum Gasteiger partial charge on any atom is -0.370 e. The lowest BCUT2D eigenvalue weighted by atomic mass is 10.0. The van der Waals surface area contributed by atoms with Crippen LogP contribution in [0.3, 0.4) is 0 Å². The molecule has 0 radical (unpaired) electrons. The number of fused-ring (bicyclic) bond motifs is 1. The van der Waals surface area contributed by atoms with Gasteiger partial charge in [0.05, 0.1) is 16.8 Å². The quantitative estimate of drug-likeness (QED) is 0.779. The van der Waals surface area contributed by atoms with Crippen molar-refractivity contribution in [2.24, 2.45) is 0 Å². The predicted molar refractivity (Wildman–Crippen MR) is 77.3 cm³/mol. The lowest BCUT2D eigenvalue weighted by Gasteiger charge is -2.30. The summed E-state index contributed by atoms with van der Waals surface area (Å²) in [6, 6.07) is 8.56. The average Bonchev–Trinajstić information content (AvgIpc) is 2.46. The molecule has 3 nitrogen and oxygen atoms in total. The van der Waals surface area contributed by atoms with Crippen molar-refractivity contribution in [3.05, 3.63) is 35.5 Å². The lowest BCUT2D eigenvalue weighted by Crippen LogP contribution is -2.30. The Bertz CT molecular complexity index is 649. The largest absolute Gasteiger partial charge is 0.370 e. The van der Waals surface area contributed by atoms with E-state index in [1.165, 1.54) is 24.8 Å². The number of benzene rings is 1. The third-order valence-corrected chi connectivity index (χ3v) is 3.79. The maximum absolute atomic E-state index is 9.36. The fourth-order valence-electron chi connectivity index (χ4n) is 2.83. The topological polar surface area (TPSA) is 39.9 Å². The van der Waals surface area contributed by atoms with E-state index >= 15 is 0 Å². The summed E-state index contributed by atoms with van der Waals surface area (Å²) in [4.78, 5) is 6.75. The number of aromatic nitrogens is 1. The summed E-state index contributed by atoms with van der Waals surface area (Å²) in [5, 5.41) is 10.5. The van der Waals surface area contributed by atoms with Crippen molar-refractivity contribution in [3.63, 3.8) is 0 Å². The summed E-state index contributed by atoms with van der Waals surface area (Å²) in [5.41, 5.74) is 3.96. The predicted octanol–water partition coefficient (Wildman–Crippen LogP) is 3.41. The minimum absolute atomic E-state index is 0.694. The number of hydrogen-bond acceptors (Lipinski definition) is 3. The van der Waals surface area contributed by atoms with Crippen molar-refractivity contribution >= 4 is 16.6 Å². The van der Waals surface area contributed by atoms with Crippen LogP contribution in [0.1, 0.15) is 30.4 Å². The van der Waals surface area contributed by atoms with Gasteiger partial charge in [0.15, 0.2) is 0 Å². The summed E-state index contributed by atoms with van der Waals surface area (Å²) in [6.45, 7) is 4.17. The second-order valence-electron chi connectivity index (χ2n) is 5.20. The van der Waals surface area contributed by atoms with Crippen molar-refractivity contribution in [2.45, 2.75) is 26.2 Å². The first-order valence-electron chi connectivity index (χ1n) is 6.84. The number of hydrogen-bond donors (Lipinski definition) is 0. The van der Waals surface area contributed by atoms with E-state index in [0.29, 0.717) is 5.56 Å². The lowest BCUT2D eigenvalue weighted by molar-refractivity contribution is 0.578. The Kier molecular flexibility index (Phi) is 3.08. The molecular weight excluding hydrogens is 234 g/mol. The van der Waals surface area contributed by atoms with Gasteiger partial charge in [-0.2, -0.15) is 5.26 Å². The molecule has 1 aromatic heterocycles. The van der Waals surface area contributed by atoms with Crippen LogP contribution in [0.5, 0.6) is 0 Å². The molecule has 0 N–H and O–H groups in total. The number of rotatable bonds is 1. The molecule has 0 atom stereocenters. The third-order valence-electron chi connectivity index (χ3n) is 3.79. The zero-order chi connectivity index (χ0) is 13.2. The Labute approximate surface area is 113 Å². The van der Waals surface area contributed by atoms with Gasteiger partial charge in [-0.05, 0) is 38.3 Å². The Hall–Kier alpha value is -2.08. The van der Waals surface area contributed by atoms with Crippen LogP contribution in [0.25, 0.3) is 10.9 Å². The molecule has 0 spiro atoms. The molecule has 19 heavy (non-hydrogen) atoms. The second-order valence-corrected chi connectivity index (χ2v) is 5.20. The molecule has 2 aromatic rings. The molecule has 0 amide bonds. The maximum atomic E-state index is 9.36. The van der Waals surface area contributed by atoms with E-state index in [-0.39, 0.29) is 0 Å². The van der Waals surface area contributed by atoms with Gasteiger partial charge in [0, 0.05) is 24.7 Å². The van der Waals surface area contributed by atoms with E-state index in [1.54, 1.807) is 6.20 Å². The molecule has 0 saturated carbocycles. The average molecular weight is 251 g/mol. The number of pyridine rings is 1. The van der Waals surface area contributed by atoms with Crippen LogP contribution in [-0.4, -0.2) is 18.1 Å². The summed E-state index contributed by atoms with van der Waals surface area (Å²) in [7, 11) is 0. The molecule has 1 fully saturated rings. The normalized spacial score (nSPS) is 15.5. The van der Waals surface area contributed by atoms with Gasteiger partial charge in [-0.3, -0.25) is 4.98 Å². The highest BCUT2D eigenvalue weighted by Gasteiger charge is 2.18. The van der Waals surface area contributed by atoms with Crippen LogP contribution in [0.2, 0.25) is 0 Å². The molecule has 0 unspecified atom stereocenters. The van der Waals surface area contributed by atoms with Crippen molar-refractivity contribution in [1.29, 1.82) is 5.26 Å². The van der Waals surface area contributed by atoms with Crippen molar-refractivity contribution in [2.75, 3.05) is 18.0 Å². The van der Waals surface area contributed by atoms with Crippen LogP contribution in [0, 0.1) is 18.3 Å². The Morgan fingerprint density at radius 2 is 2.00 bits per heavy atom. The first-order valence-corrected chi connectivity index (χ1v) is 6.84. The standard InChI is InChI=1S/C16H17N3/c1-12-5-6-15-14(9-12)16(13(10-17)11-18-15)19-7-3-2-4-8-19/h5-6,9,11H,2-4,7-8H2,1H3. The van der Waals surface area contributed by atoms with Gasteiger partial charge >= 0.3 is 0 Å². The van der Waals surface area contributed by atoms with Gasteiger partial charge in [-0.25, -0.2) is 0 Å². The molecule has 1 aliphatic heterocycles. The van der Waals surface area contributed by atoms with Gasteiger partial charge in [-0.1, -0.05) is 11.6 Å². The fourth-order valence-corrected chi connectivity index (χ4v) is 2.83. The van der Waals surface area contributed by atoms with Crippen molar-refractivity contribution in [1.82, 2.24) is 4.98 Å². The SMILES string of the molecule is Cc1ccc2ncc(C#N)c(N3CCCCC3)c2c1. The van der Waals surface area contributed by atoms with Gasteiger partial charge in [0.25, 0.3) is 0 Å². The van der Waals surface area contributed by atoms with Gasteiger partial charge in [-0.15, -0.1) is 0 Å². The monoisotopic (exact) mass is 251 g/mol. The molecule has 2 heterocycles. The smallest absolute Gasteiger partial charge is 0.103 e. The van der Waals surface area contributed by atoms with Crippen LogP contribution in [0.15, 0.2) is 24.4 Å². The summed E-state index contributed by atoms with van der Waals surface area (Å²) >= 11 is 0. The Morgan fingerprint density at radius 3 is 2.74 bits per heavy atom. The highest BCUT2D eigenvalue weighted by Crippen LogP contribution is 2.31. The van der Waals surface area contributed by atoms with Crippen LogP contribution < -0.4 is 4.90 Å². The summed E-state index contributed by atoms with van der Waals surface area (Å²) < 4.78 is 0. The maximum Gasteiger partial charge on any atom is 0.103 e. The zero-order valence-electron chi connectivity index (χ0n) is 11.2. The molecule has 3 heteroatoms. The van der Waals surface area contributed by atoms with E-state index in [4.69, 9.17) is 0 Å². The highest BCUT2D eigenvalue weighted by atomic mass is 15.1. The van der Waals surface area contributed by atoms with E-state index in [1.807, 2.05) is 6.07 Å². The first kappa shape index (κ1) is 12.0. The van der Waals surface area contributed by atoms with E-state index in [2.05, 4.69) is 35.0 Å². The fraction of sp³-hybridized carbons (Fsp3) is 0.375. The van der Waals surface area contributed by atoms with Crippen LogP contribution in [0.4, 0.5) is 5.69 Å². The molecule has 0 aliphatic carbocycles. The van der Waals surface area contributed by atoms with Crippen molar-refractivity contribution < 1.29 is 0 Å². The zero-order valence-corrected chi connectivity index (χ0v) is 11.2. The van der Waals surface area contributed by atoms with Crippen LogP contribution in [-0.2, 0) is 0 Å². The highest BCUT2D eigenvalue weighted by molar-refractivity contribution is 5.94. The third kappa shape index (κ3) is 2.15. The molecule has 1 saturated heterocycles. The van der Waals surface area contributed by atoms with E-state index in [9.17, 15) is 5.26 Å². The Balaban J connectivity index is 2.23. The summed E-state index contributed by atoms with van der Waals surface area (Å²) in [6.07, 6.45) is 5.42. The van der Waals surface area contributed by atoms with Crippen LogP contribution >= 0.6 is 0 Å². The molecule has 1 aliphatic rings. The molecule has 96 valence electrons. The molecule has 3 rings (SSSR count).